The number of thiazole rings is 1. The Morgan fingerprint density at radius 3 is 2.80 bits per heavy atom. The van der Waals surface area contributed by atoms with Crippen molar-refractivity contribution in [1.82, 2.24) is 10.3 Å². The first-order chi connectivity index (χ1) is 12.2. The molecule has 1 aromatic heterocycles. The number of benzene rings is 2. The van der Waals surface area contributed by atoms with Crippen LogP contribution in [0.4, 0.5) is 5.13 Å². The number of halogens is 2. The van der Waals surface area contributed by atoms with Crippen molar-refractivity contribution in [2.45, 2.75) is 19.6 Å². The lowest BCUT2D eigenvalue weighted by molar-refractivity contribution is 0.281. The highest BCUT2D eigenvalue weighted by Gasteiger charge is 2.04. The molecule has 1 heterocycles. The number of hydrogen-bond acceptors (Lipinski definition) is 5. The molecular weight excluding hydrogens is 377 g/mol. The quantitative estimate of drug-likeness (QED) is 0.484. The van der Waals surface area contributed by atoms with Crippen LogP contribution in [0.5, 0.6) is 0 Å². The highest BCUT2D eigenvalue weighted by molar-refractivity contribution is 7.22. The van der Waals surface area contributed by atoms with Gasteiger partial charge in [-0.2, -0.15) is 0 Å². The highest BCUT2D eigenvalue weighted by atomic mass is 35.5. The second kappa shape index (κ2) is 8.83. The lowest BCUT2D eigenvalue weighted by Gasteiger charge is -2.08. The maximum Gasteiger partial charge on any atom is 0.183 e. The Balaban J connectivity index is 1.41. The average Bonchev–Trinajstić information content (AvgIpc) is 3.01. The van der Waals surface area contributed by atoms with Crippen LogP contribution < -0.4 is 10.6 Å². The first-order valence-corrected chi connectivity index (χ1v) is 9.62. The van der Waals surface area contributed by atoms with Gasteiger partial charge in [-0.3, -0.25) is 0 Å². The van der Waals surface area contributed by atoms with Crippen molar-refractivity contribution in [1.29, 1.82) is 0 Å². The van der Waals surface area contributed by atoms with Gasteiger partial charge in [-0.05, 0) is 48.4 Å². The average molecular weight is 396 g/mol. The van der Waals surface area contributed by atoms with Crippen LogP contribution in [0.3, 0.4) is 0 Å². The van der Waals surface area contributed by atoms with E-state index in [1.165, 1.54) is 0 Å². The summed E-state index contributed by atoms with van der Waals surface area (Å²) in [5.41, 5.74) is 2.84. The van der Waals surface area contributed by atoms with Gasteiger partial charge in [0.1, 0.15) is 0 Å². The van der Waals surface area contributed by atoms with E-state index in [1.54, 1.807) is 11.3 Å². The van der Waals surface area contributed by atoms with E-state index < -0.39 is 0 Å². The molecule has 0 aliphatic carbocycles. The Morgan fingerprint density at radius 2 is 1.96 bits per heavy atom. The molecule has 132 valence electrons. The third kappa shape index (κ3) is 5.06. The number of nitrogens with one attached hydrogen (secondary N) is 2. The fourth-order valence-corrected chi connectivity index (χ4v) is 3.82. The molecule has 0 saturated heterocycles. The van der Waals surface area contributed by atoms with Gasteiger partial charge in [0.15, 0.2) is 5.13 Å². The molecule has 0 unspecified atom stereocenters. The largest absolute Gasteiger partial charge is 0.392 e. The molecule has 0 aliphatic heterocycles. The maximum absolute atomic E-state index is 9.19. The fraction of sp³-hybridized carbons (Fsp3) is 0.278. The Morgan fingerprint density at radius 1 is 1.08 bits per heavy atom. The molecule has 3 N–H and O–H groups in total. The summed E-state index contributed by atoms with van der Waals surface area (Å²) in [5, 5.41) is 18.3. The summed E-state index contributed by atoms with van der Waals surface area (Å²) < 4.78 is 1.09. The number of nitrogens with zero attached hydrogens (tertiary/aromatic N) is 1. The van der Waals surface area contributed by atoms with Crippen molar-refractivity contribution in [3.05, 3.63) is 57.6 Å². The Kier molecular flexibility index (Phi) is 6.51. The van der Waals surface area contributed by atoms with Gasteiger partial charge >= 0.3 is 0 Å². The van der Waals surface area contributed by atoms with Crippen LogP contribution in [0.2, 0.25) is 10.0 Å². The predicted octanol–water partition coefficient (Wildman–Crippen LogP) is 4.69. The van der Waals surface area contributed by atoms with E-state index in [1.807, 2.05) is 36.4 Å². The number of aliphatic hydroxyl groups is 1. The highest BCUT2D eigenvalue weighted by Crippen LogP contribution is 2.28. The number of anilines is 1. The standard InChI is InChI=1S/C18H19Cl2N3OS/c19-14-3-5-16-17(9-14)25-18(23-16)22-7-1-6-21-10-13-8-12(11-24)2-4-15(13)20/h2-5,8-9,21,24H,1,6-7,10-11H2,(H,22,23). The molecule has 0 atom stereocenters. The fourth-order valence-electron chi connectivity index (χ4n) is 2.47. The van der Waals surface area contributed by atoms with Crippen LogP contribution in [-0.2, 0) is 13.2 Å². The lowest BCUT2D eigenvalue weighted by atomic mass is 10.1. The van der Waals surface area contributed by atoms with Crippen LogP contribution in [0.25, 0.3) is 10.2 Å². The predicted molar refractivity (Wildman–Crippen MR) is 107 cm³/mol. The maximum atomic E-state index is 9.19. The van der Waals surface area contributed by atoms with Crippen LogP contribution >= 0.6 is 34.5 Å². The first kappa shape index (κ1) is 18.4. The zero-order valence-electron chi connectivity index (χ0n) is 13.6. The molecular formula is C18H19Cl2N3OS. The van der Waals surface area contributed by atoms with Crippen molar-refractivity contribution in [2.75, 3.05) is 18.4 Å². The van der Waals surface area contributed by atoms with Crippen molar-refractivity contribution in [2.24, 2.45) is 0 Å². The zero-order chi connectivity index (χ0) is 17.6. The number of aliphatic hydroxyl groups excluding tert-OH is 1. The molecule has 4 nitrogen and oxygen atoms in total. The van der Waals surface area contributed by atoms with Gasteiger partial charge in [0.05, 0.1) is 16.8 Å². The number of aromatic nitrogens is 1. The van der Waals surface area contributed by atoms with Gasteiger partial charge in [0, 0.05) is 23.1 Å². The Bertz CT molecular complexity index is 853. The summed E-state index contributed by atoms with van der Waals surface area (Å²) in [6.45, 7) is 2.42. The van der Waals surface area contributed by atoms with Gasteiger partial charge < -0.3 is 15.7 Å². The molecule has 0 spiro atoms. The molecule has 0 amide bonds. The second-order valence-corrected chi connectivity index (χ2v) is 7.55. The molecule has 3 aromatic rings. The molecule has 0 bridgehead atoms. The van der Waals surface area contributed by atoms with Crippen molar-refractivity contribution >= 4 is 49.9 Å². The first-order valence-electron chi connectivity index (χ1n) is 8.04. The Hall–Kier alpha value is -1.37. The number of hydrogen-bond donors (Lipinski definition) is 3. The smallest absolute Gasteiger partial charge is 0.183 e. The topological polar surface area (TPSA) is 57.2 Å². The number of rotatable bonds is 8. The van der Waals surface area contributed by atoms with E-state index in [2.05, 4.69) is 15.6 Å². The molecule has 2 aromatic carbocycles. The minimum atomic E-state index is 0.0292. The third-order valence-electron chi connectivity index (χ3n) is 3.77. The molecule has 0 radical (unpaired) electrons. The summed E-state index contributed by atoms with van der Waals surface area (Å²) in [7, 11) is 0. The van der Waals surface area contributed by atoms with Gasteiger partial charge in [-0.25, -0.2) is 4.98 Å². The molecule has 0 fully saturated rings. The van der Waals surface area contributed by atoms with Crippen molar-refractivity contribution in [3.63, 3.8) is 0 Å². The van der Waals surface area contributed by atoms with Crippen molar-refractivity contribution in [3.8, 4) is 0 Å². The van der Waals surface area contributed by atoms with Crippen LogP contribution in [0, 0.1) is 0 Å². The van der Waals surface area contributed by atoms with E-state index >= 15 is 0 Å². The normalized spacial score (nSPS) is 11.2. The van der Waals surface area contributed by atoms with Crippen LogP contribution in [0.15, 0.2) is 36.4 Å². The van der Waals surface area contributed by atoms with E-state index in [-0.39, 0.29) is 6.61 Å². The molecule has 0 saturated carbocycles. The van der Waals surface area contributed by atoms with Crippen molar-refractivity contribution < 1.29 is 5.11 Å². The molecule has 0 aliphatic rings. The van der Waals surface area contributed by atoms with E-state index in [0.29, 0.717) is 6.54 Å². The third-order valence-corrected chi connectivity index (χ3v) is 5.34. The monoisotopic (exact) mass is 395 g/mol. The summed E-state index contributed by atoms with van der Waals surface area (Å²) in [4.78, 5) is 4.54. The van der Waals surface area contributed by atoms with Crippen LogP contribution in [0.1, 0.15) is 17.5 Å². The second-order valence-electron chi connectivity index (χ2n) is 5.67. The molecule has 7 heteroatoms. The molecule has 25 heavy (non-hydrogen) atoms. The van der Waals surface area contributed by atoms with Crippen LogP contribution in [-0.4, -0.2) is 23.2 Å². The van der Waals surface area contributed by atoms with E-state index in [9.17, 15) is 5.11 Å². The minimum absolute atomic E-state index is 0.0292. The summed E-state index contributed by atoms with van der Waals surface area (Å²) in [6, 6.07) is 11.3. The van der Waals surface area contributed by atoms with Gasteiger partial charge in [0.2, 0.25) is 0 Å². The van der Waals surface area contributed by atoms with Gasteiger partial charge in [-0.15, -0.1) is 0 Å². The lowest BCUT2D eigenvalue weighted by Crippen LogP contribution is -2.18. The van der Waals surface area contributed by atoms with Gasteiger partial charge in [-0.1, -0.05) is 46.7 Å². The summed E-state index contributed by atoms with van der Waals surface area (Å²) >= 11 is 13.8. The summed E-state index contributed by atoms with van der Waals surface area (Å²) in [6.07, 6.45) is 0.966. The molecule has 3 rings (SSSR count). The Labute approximate surface area is 160 Å². The minimum Gasteiger partial charge on any atom is -0.392 e. The van der Waals surface area contributed by atoms with E-state index in [4.69, 9.17) is 23.2 Å². The SMILES string of the molecule is OCc1ccc(Cl)c(CNCCCNc2nc3ccc(Cl)cc3s2)c1. The number of fused-ring (bicyclic) bond motifs is 1. The van der Waals surface area contributed by atoms with Gasteiger partial charge in [0.25, 0.3) is 0 Å². The summed E-state index contributed by atoms with van der Waals surface area (Å²) in [5.74, 6) is 0. The zero-order valence-corrected chi connectivity index (χ0v) is 15.9. The van der Waals surface area contributed by atoms with E-state index in [0.717, 1.165) is 56.0 Å².